The van der Waals surface area contributed by atoms with Crippen LogP contribution in [0, 0.1) is 18.8 Å². The minimum atomic E-state index is -0.406. The van der Waals surface area contributed by atoms with E-state index in [0.29, 0.717) is 37.0 Å². The van der Waals surface area contributed by atoms with Crippen molar-refractivity contribution in [1.29, 1.82) is 0 Å². The minimum Gasteiger partial charge on any atom is -0.462 e. The topological polar surface area (TPSA) is 97.7 Å². The Kier molecular flexibility index (Phi) is 9.85. The fourth-order valence-electron chi connectivity index (χ4n) is 6.29. The van der Waals surface area contributed by atoms with Crippen LogP contribution >= 0.6 is 0 Å². The van der Waals surface area contributed by atoms with E-state index >= 15 is 0 Å². The Balaban J connectivity index is 1.09. The highest BCUT2D eigenvalue weighted by atomic mass is 16.7. The van der Waals surface area contributed by atoms with E-state index in [1.54, 1.807) is 10.9 Å². The fraction of sp³-hybridized carbons (Fsp3) is 0.359. The van der Waals surface area contributed by atoms with Crippen molar-refractivity contribution in [2.75, 3.05) is 30.5 Å². The van der Waals surface area contributed by atoms with Gasteiger partial charge in [0.2, 0.25) is 12.7 Å². The maximum Gasteiger partial charge on any atom is 0.324 e. The highest BCUT2D eigenvalue weighted by molar-refractivity contribution is 6.00. The van der Waals surface area contributed by atoms with Gasteiger partial charge in [0.15, 0.2) is 0 Å². The highest BCUT2D eigenvalue weighted by Gasteiger charge is 2.33. The number of para-hydroxylation sites is 1. The van der Waals surface area contributed by atoms with Gasteiger partial charge in [-0.15, -0.1) is 0 Å². The van der Waals surface area contributed by atoms with E-state index in [2.05, 4.69) is 37.5 Å². The molecule has 48 heavy (non-hydrogen) atoms. The molecule has 3 heterocycles. The molecule has 0 spiro atoms. The van der Waals surface area contributed by atoms with Gasteiger partial charge in [-0.25, -0.2) is 9.48 Å². The van der Waals surface area contributed by atoms with Crippen molar-refractivity contribution >= 4 is 23.4 Å². The van der Waals surface area contributed by atoms with Crippen LogP contribution in [0.2, 0.25) is 0 Å². The predicted octanol–water partition coefficient (Wildman–Crippen LogP) is 7.61. The first-order valence-electron chi connectivity index (χ1n) is 16.7. The number of carbonyl (C=O) groups excluding carboxylic acids is 2. The van der Waals surface area contributed by atoms with Crippen LogP contribution in [0.3, 0.4) is 0 Å². The Morgan fingerprint density at radius 1 is 0.938 bits per heavy atom. The number of likely N-dealkylation sites (tertiary alicyclic amines) is 1. The third-order valence-corrected chi connectivity index (χ3v) is 9.12. The lowest BCUT2D eigenvalue weighted by Crippen LogP contribution is -2.43. The summed E-state index contributed by atoms with van der Waals surface area (Å²) in [7, 11) is 0. The maximum absolute atomic E-state index is 13.8. The van der Waals surface area contributed by atoms with E-state index in [-0.39, 0.29) is 24.1 Å². The Labute approximate surface area is 282 Å². The van der Waals surface area contributed by atoms with Gasteiger partial charge < -0.3 is 19.7 Å². The molecule has 0 aliphatic carbocycles. The Morgan fingerprint density at radius 2 is 1.65 bits per heavy atom. The van der Waals surface area contributed by atoms with Crippen LogP contribution in [0.1, 0.15) is 56.0 Å². The second-order valence-electron chi connectivity index (χ2n) is 13.8. The van der Waals surface area contributed by atoms with Crippen LogP contribution in [0.25, 0.3) is 5.69 Å². The number of anilines is 2. The number of hydrogen-bond acceptors (Lipinski definition) is 5. The van der Waals surface area contributed by atoms with Crippen LogP contribution < -0.4 is 10.6 Å². The normalized spacial score (nSPS) is 15.7. The summed E-state index contributed by atoms with van der Waals surface area (Å²) >= 11 is 0. The van der Waals surface area contributed by atoms with Crippen molar-refractivity contribution < 1.29 is 19.1 Å². The zero-order chi connectivity index (χ0) is 33.7. The SMILES string of the molecule is Cc1ccc(-n2nc(C(C)(C)C)cc2NC(=O)Nc2ccccc2CC2CCN(C(=O)C(Cc3ccccc3)C3=COCO3)CC2)cc1. The average molecular weight is 648 g/mol. The molecule has 2 aliphatic rings. The predicted molar refractivity (Wildman–Crippen MR) is 188 cm³/mol. The van der Waals surface area contributed by atoms with Crippen molar-refractivity contribution in [3.05, 3.63) is 119 Å². The monoisotopic (exact) mass is 647 g/mol. The molecule has 0 saturated carbocycles. The lowest BCUT2D eigenvalue weighted by molar-refractivity contribution is -0.136. The zero-order valence-electron chi connectivity index (χ0n) is 28.2. The summed E-state index contributed by atoms with van der Waals surface area (Å²) in [6.45, 7) is 9.87. The van der Waals surface area contributed by atoms with Crippen LogP contribution in [0.15, 0.2) is 97.0 Å². The first-order chi connectivity index (χ1) is 23.1. The summed E-state index contributed by atoms with van der Waals surface area (Å²) in [5.41, 5.74) is 5.67. The van der Waals surface area contributed by atoms with Gasteiger partial charge in [-0.1, -0.05) is 87.0 Å². The molecule has 3 amide bonds. The zero-order valence-corrected chi connectivity index (χ0v) is 28.2. The first kappa shape index (κ1) is 32.9. The molecule has 250 valence electrons. The van der Waals surface area contributed by atoms with Gasteiger partial charge in [0.05, 0.1) is 11.4 Å². The summed E-state index contributed by atoms with van der Waals surface area (Å²) in [6.07, 6.45) is 4.72. The number of ether oxygens (including phenoxy) is 2. The van der Waals surface area contributed by atoms with Crippen molar-refractivity contribution in [2.45, 2.75) is 58.8 Å². The molecule has 2 N–H and O–H groups in total. The molecule has 1 aromatic heterocycles. The molecular formula is C39H45N5O4. The van der Waals surface area contributed by atoms with Crippen LogP contribution in [0.4, 0.5) is 16.3 Å². The average Bonchev–Trinajstić information content (AvgIpc) is 3.77. The molecule has 0 bridgehead atoms. The summed E-state index contributed by atoms with van der Waals surface area (Å²) in [5.74, 6) is 1.26. The van der Waals surface area contributed by atoms with E-state index in [1.165, 1.54) is 0 Å². The van der Waals surface area contributed by atoms with Crippen molar-refractivity contribution in [1.82, 2.24) is 14.7 Å². The number of nitrogens with one attached hydrogen (secondary N) is 2. The number of hydrogen-bond donors (Lipinski definition) is 2. The number of piperidine rings is 1. The van der Waals surface area contributed by atoms with Crippen molar-refractivity contribution in [3.63, 3.8) is 0 Å². The second-order valence-corrected chi connectivity index (χ2v) is 13.8. The molecule has 2 aliphatic heterocycles. The number of aromatic nitrogens is 2. The molecular weight excluding hydrogens is 602 g/mol. The number of benzene rings is 3. The van der Waals surface area contributed by atoms with Gasteiger partial charge >= 0.3 is 6.03 Å². The number of carbonyl (C=O) groups is 2. The Morgan fingerprint density at radius 3 is 2.33 bits per heavy atom. The highest BCUT2D eigenvalue weighted by Crippen LogP contribution is 2.30. The molecule has 0 radical (unpaired) electrons. The molecule has 1 saturated heterocycles. The molecule has 1 atom stereocenters. The first-order valence-corrected chi connectivity index (χ1v) is 16.7. The third kappa shape index (κ3) is 7.90. The summed E-state index contributed by atoms with van der Waals surface area (Å²) < 4.78 is 12.8. The molecule has 1 fully saturated rings. The van der Waals surface area contributed by atoms with Crippen LogP contribution in [0.5, 0.6) is 0 Å². The molecule has 1 unspecified atom stereocenters. The minimum absolute atomic E-state index is 0.0762. The maximum atomic E-state index is 13.8. The van der Waals surface area contributed by atoms with Crippen LogP contribution in [-0.4, -0.2) is 46.5 Å². The summed E-state index contributed by atoms with van der Waals surface area (Å²) in [6, 6.07) is 27.7. The van der Waals surface area contributed by atoms with E-state index in [9.17, 15) is 9.59 Å². The lowest BCUT2D eigenvalue weighted by Gasteiger charge is -2.34. The molecule has 3 aromatic carbocycles. The molecule has 4 aromatic rings. The molecule has 9 nitrogen and oxygen atoms in total. The van der Waals surface area contributed by atoms with Crippen molar-refractivity contribution in [3.8, 4) is 5.69 Å². The Bertz CT molecular complexity index is 1750. The summed E-state index contributed by atoms with van der Waals surface area (Å²) in [5, 5.41) is 11.0. The van der Waals surface area contributed by atoms with Gasteiger partial charge in [0, 0.05) is 30.3 Å². The largest absolute Gasteiger partial charge is 0.462 e. The van der Waals surface area contributed by atoms with Crippen LogP contribution in [-0.2, 0) is 32.5 Å². The lowest BCUT2D eigenvalue weighted by atomic mass is 9.88. The van der Waals surface area contributed by atoms with Gasteiger partial charge in [0.1, 0.15) is 23.8 Å². The number of nitrogens with zero attached hydrogens (tertiary/aromatic N) is 3. The van der Waals surface area contributed by atoms with Crippen molar-refractivity contribution in [2.24, 2.45) is 11.8 Å². The van der Waals surface area contributed by atoms with Gasteiger partial charge in [0.25, 0.3) is 0 Å². The van der Waals surface area contributed by atoms with E-state index < -0.39 is 5.92 Å². The number of rotatable bonds is 9. The van der Waals surface area contributed by atoms with Gasteiger partial charge in [-0.05, 0) is 67.9 Å². The van der Waals surface area contributed by atoms with E-state index in [1.807, 2.05) is 90.7 Å². The number of urea groups is 1. The van der Waals surface area contributed by atoms with E-state index in [0.717, 1.165) is 53.0 Å². The number of aryl methyl sites for hydroxylation is 1. The molecule has 6 rings (SSSR count). The standard InChI is InChI=1S/C39H45N5O4/c1-27-14-16-31(17-15-27)44-36(24-35(42-44)39(2,3)4)41-38(46)40-33-13-9-8-12-30(33)22-29-18-20-43(21-19-29)37(45)32(34-25-47-26-48-34)23-28-10-6-5-7-11-28/h5-17,24-25,29,32H,18-23,26H2,1-4H3,(H2,40,41,46). The smallest absolute Gasteiger partial charge is 0.324 e. The summed E-state index contributed by atoms with van der Waals surface area (Å²) in [4.78, 5) is 29.1. The number of amides is 3. The third-order valence-electron chi connectivity index (χ3n) is 9.12. The quantitative estimate of drug-likeness (QED) is 0.195. The van der Waals surface area contributed by atoms with Gasteiger partial charge in [-0.2, -0.15) is 5.10 Å². The second kappa shape index (κ2) is 14.4. The van der Waals surface area contributed by atoms with E-state index in [4.69, 9.17) is 14.6 Å². The van der Waals surface area contributed by atoms with Gasteiger partial charge in [-0.3, -0.25) is 10.1 Å². The molecule has 9 heteroatoms. The fourth-order valence-corrected chi connectivity index (χ4v) is 6.29. The Hall–Kier alpha value is -5.05.